The third kappa shape index (κ3) is 6.81. The molecule has 0 aliphatic carbocycles. The van der Waals surface area contributed by atoms with E-state index in [0.717, 1.165) is 24.0 Å². The summed E-state index contributed by atoms with van der Waals surface area (Å²) in [6, 6.07) is 15.6. The zero-order chi connectivity index (χ0) is 24.0. The summed E-state index contributed by atoms with van der Waals surface area (Å²) in [5.41, 5.74) is 1.97. The number of rotatable bonds is 5. The first kappa shape index (κ1) is 24.3. The van der Waals surface area contributed by atoms with Crippen LogP contribution in [0.1, 0.15) is 57.2 Å². The van der Waals surface area contributed by atoms with Crippen molar-refractivity contribution >= 4 is 23.6 Å². The summed E-state index contributed by atoms with van der Waals surface area (Å²) in [5.74, 6) is -0.737. The number of esters is 1. The van der Waals surface area contributed by atoms with Crippen molar-refractivity contribution in [2.24, 2.45) is 0 Å². The van der Waals surface area contributed by atoms with Gasteiger partial charge in [0.15, 0.2) is 0 Å². The Labute approximate surface area is 195 Å². The second-order valence-electron chi connectivity index (χ2n) is 9.38. The highest BCUT2D eigenvalue weighted by atomic mass is 16.6. The molecular weight excluding hydrogens is 418 g/mol. The molecule has 0 radical (unpaired) electrons. The van der Waals surface area contributed by atoms with Crippen LogP contribution in [0.3, 0.4) is 0 Å². The normalized spacial score (nSPS) is 18.4. The Kier molecular flexibility index (Phi) is 7.74. The van der Waals surface area contributed by atoms with Crippen molar-refractivity contribution < 1.29 is 19.1 Å². The minimum Gasteiger partial charge on any atom is -0.458 e. The lowest BCUT2D eigenvalue weighted by Gasteiger charge is -2.42. The summed E-state index contributed by atoms with van der Waals surface area (Å²) in [6.07, 6.45) is 2.07. The number of anilines is 1. The smallest absolute Gasteiger partial charge is 0.329 e. The number of hydrogen-bond donors (Lipinski definition) is 2. The number of nitrogens with zero attached hydrogens (tertiary/aromatic N) is 1. The Balaban J connectivity index is 1.75. The van der Waals surface area contributed by atoms with E-state index in [9.17, 15) is 14.4 Å². The molecule has 2 unspecified atom stereocenters. The van der Waals surface area contributed by atoms with Gasteiger partial charge in [-0.3, -0.25) is 4.79 Å². The maximum absolute atomic E-state index is 13.3. The van der Waals surface area contributed by atoms with Crippen LogP contribution in [0.15, 0.2) is 54.6 Å². The molecule has 0 spiro atoms. The van der Waals surface area contributed by atoms with Crippen molar-refractivity contribution in [1.29, 1.82) is 0 Å². The van der Waals surface area contributed by atoms with Crippen molar-refractivity contribution in [3.8, 4) is 0 Å². The quantitative estimate of drug-likeness (QED) is 0.652. The molecule has 0 bridgehead atoms. The standard InChI is InChI=1S/C26H33N3O4/c1-18-10-8-13-20(16-18)28-25(32)27-17-23(30)29-21(19-11-6-5-7-12-19)14-9-15-22(29)24(31)33-26(2,3)4/h5-8,10-13,16,21-22H,9,14-15,17H2,1-4H3,(H2,27,28,32). The van der Waals surface area contributed by atoms with E-state index in [4.69, 9.17) is 4.74 Å². The monoisotopic (exact) mass is 451 g/mol. The number of urea groups is 1. The molecule has 7 nitrogen and oxygen atoms in total. The fourth-order valence-corrected chi connectivity index (χ4v) is 4.10. The van der Waals surface area contributed by atoms with Crippen LogP contribution in [0, 0.1) is 6.92 Å². The average Bonchev–Trinajstić information content (AvgIpc) is 2.76. The summed E-state index contributed by atoms with van der Waals surface area (Å²) < 4.78 is 5.63. The van der Waals surface area contributed by atoms with Crippen LogP contribution >= 0.6 is 0 Å². The summed E-state index contributed by atoms with van der Waals surface area (Å²) in [7, 11) is 0. The van der Waals surface area contributed by atoms with Gasteiger partial charge in [0.25, 0.3) is 0 Å². The highest BCUT2D eigenvalue weighted by Crippen LogP contribution is 2.35. The maximum atomic E-state index is 13.3. The zero-order valence-corrected chi connectivity index (χ0v) is 19.8. The molecule has 0 aromatic heterocycles. The molecule has 0 saturated carbocycles. The Bertz CT molecular complexity index is 985. The Hall–Kier alpha value is -3.35. The second-order valence-corrected chi connectivity index (χ2v) is 9.38. The van der Waals surface area contributed by atoms with Gasteiger partial charge in [0.05, 0.1) is 12.6 Å². The van der Waals surface area contributed by atoms with Crippen LogP contribution in [-0.2, 0) is 14.3 Å². The number of aryl methyl sites for hydroxylation is 1. The maximum Gasteiger partial charge on any atom is 0.329 e. The topological polar surface area (TPSA) is 87.7 Å². The number of carbonyl (C=O) groups is 3. The summed E-state index contributed by atoms with van der Waals surface area (Å²) in [5, 5.41) is 5.37. The molecule has 33 heavy (non-hydrogen) atoms. The first-order chi connectivity index (χ1) is 15.6. The molecule has 1 heterocycles. The van der Waals surface area contributed by atoms with Crippen LogP contribution in [0.5, 0.6) is 0 Å². The number of benzene rings is 2. The lowest BCUT2D eigenvalue weighted by Crippen LogP contribution is -2.54. The number of piperidine rings is 1. The highest BCUT2D eigenvalue weighted by molar-refractivity contribution is 5.93. The minimum absolute atomic E-state index is 0.222. The Morgan fingerprint density at radius 2 is 1.76 bits per heavy atom. The molecule has 3 amide bonds. The van der Waals surface area contributed by atoms with E-state index in [1.807, 2.05) is 76.2 Å². The molecule has 2 aromatic carbocycles. The summed E-state index contributed by atoms with van der Waals surface area (Å²) in [6.45, 7) is 7.15. The van der Waals surface area contributed by atoms with E-state index in [2.05, 4.69) is 10.6 Å². The number of hydrogen-bond acceptors (Lipinski definition) is 4. The SMILES string of the molecule is Cc1cccc(NC(=O)NCC(=O)N2C(C(=O)OC(C)(C)C)CCCC2c2ccccc2)c1. The van der Waals surface area contributed by atoms with E-state index in [1.165, 1.54) is 0 Å². The van der Waals surface area contributed by atoms with Gasteiger partial charge in [-0.15, -0.1) is 0 Å². The third-order valence-electron chi connectivity index (χ3n) is 5.45. The van der Waals surface area contributed by atoms with Crippen molar-refractivity contribution in [1.82, 2.24) is 10.2 Å². The van der Waals surface area contributed by atoms with Gasteiger partial charge in [-0.05, 0) is 70.2 Å². The van der Waals surface area contributed by atoms with Gasteiger partial charge in [0, 0.05) is 5.69 Å². The molecule has 7 heteroatoms. The van der Waals surface area contributed by atoms with Gasteiger partial charge in [-0.2, -0.15) is 0 Å². The first-order valence-electron chi connectivity index (χ1n) is 11.3. The van der Waals surface area contributed by atoms with E-state index >= 15 is 0 Å². The van der Waals surface area contributed by atoms with Gasteiger partial charge in [-0.25, -0.2) is 9.59 Å². The van der Waals surface area contributed by atoms with Gasteiger partial charge < -0.3 is 20.3 Å². The number of ether oxygens (including phenoxy) is 1. The lowest BCUT2D eigenvalue weighted by molar-refractivity contribution is -0.168. The summed E-state index contributed by atoms with van der Waals surface area (Å²) >= 11 is 0. The van der Waals surface area contributed by atoms with Gasteiger partial charge in [0.2, 0.25) is 5.91 Å². The van der Waals surface area contributed by atoms with Crippen LogP contribution < -0.4 is 10.6 Å². The van der Waals surface area contributed by atoms with E-state index in [0.29, 0.717) is 12.1 Å². The van der Waals surface area contributed by atoms with E-state index in [1.54, 1.807) is 11.0 Å². The van der Waals surface area contributed by atoms with Crippen molar-refractivity contribution in [3.05, 3.63) is 65.7 Å². The molecule has 1 saturated heterocycles. The number of carbonyl (C=O) groups excluding carboxylic acids is 3. The fraction of sp³-hybridized carbons (Fsp3) is 0.423. The van der Waals surface area contributed by atoms with Crippen LogP contribution in [0.25, 0.3) is 0 Å². The number of nitrogens with one attached hydrogen (secondary N) is 2. The number of likely N-dealkylation sites (tertiary alicyclic amines) is 1. The van der Waals surface area contributed by atoms with Crippen molar-refractivity contribution in [2.75, 3.05) is 11.9 Å². The largest absolute Gasteiger partial charge is 0.458 e. The van der Waals surface area contributed by atoms with Crippen LogP contribution in [0.2, 0.25) is 0 Å². The Morgan fingerprint density at radius 3 is 2.42 bits per heavy atom. The average molecular weight is 452 g/mol. The first-order valence-corrected chi connectivity index (χ1v) is 11.3. The highest BCUT2D eigenvalue weighted by Gasteiger charge is 2.40. The molecule has 2 aromatic rings. The molecule has 1 aliphatic heterocycles. The molecule has 2 N–H and O–H groups in total. The van der Waals surface area contributed by atoms with E-state index in [-0.39, 0.29) is 18.5 Å². The summed E-state index contributed by atoms with van der Waals surface area (Å²) in [4.78, 5) is 40.3. The molecule has 176 valence electrons. The molecule has 3 rings (SSSR count). The van der Waals surface area contributed by atoms with Crippen molar-refractivity contribution in [3.63, 3.8) is 0 Å². The Morgan fingerprint density at radius 1 is 1.03 bits per heavy atom. The van der Waals surface area contributed by atoms with Gasteiger partial charge in [-0.1, -0.05) is 42.5 Å². The molecule has 1 aliphatic rings. The van der Waals surface area contributed by atoms with Crippen molar-refractivity contribution in [2.45, 2.75) is 64.6 Å². The second kappa shape index (κ2) is 10.5. The van der Waals surface area contributed by atoms with Crippen LogP contribution in [-0.4, -0.2) is 41.0 Å². The van der Waals surface area contributed by atoms with Gasteiger partial charge >= 0.3 is 12.0 Å². The zero-order valence-electron chi connectivity index (χ0n) is 19.8. The van der Waals surface area contributed by atoms with E-state index < -0.39 is 23.6 Å². The fourth-order valence-electron chi connectivity index (χ4n) is 4.10. The molecular formula is C26H33N3O4. The van der Waals surface area contributed by atoms with Gasteiger partial charge in [0.1, 0.15) is 11.6 Å². The predicted molar refractivity (Wildman–Crippen MR) is 128 cm³/mol. The van der Waals surface area contributed by atoms with Crippen LogP contribution in [0.4, 0.5) is 10.5 Å². The molecule has 2 atom stereocenters. The number of amides is 3. The minimum atomic E-state index is -0.697. The lowest BCUT2D eigenvalue weighted by atomic mass is 9.90. The third-order valence-corrected chi connectivity index (χ3v) is 5.45. The molecule has 1 fully saturated rings. The predicted octanol–water partition coefficient (Wildman–Crippen LogP) is 4.58.